The fraction of sp³-hybridized carbons (Fsp3) is 0.455. The topological polar surface area (TPSA) is 33.3 Å². The summed E-state index contributed by atoms with van der Waals surface area (Å²) in [5.74, 6) is 1.65. The van der Waals surface area contributed by atoms with Crippen molar-refractivity contribution >= 4 is 5.69 Å². The van der Waals surface area contributed by atoms with Crippen molar-refractivity contribution in [3.8, 4) is 16.9 Å². The molecule has 0 amide bonds. The molecule has 1 aliphatic carbocycles. The van der Waals surface area contributed by atoms with Crippen LogP contribution in [0.1, 0.15) is 43.6 Å². The highest BCUT2D eigenvalue weighted by Crippen LogP contribution is 2.47. The molecule has 0 aromatic heterocycles. The Balaban J connectivity index is 1.57. The number of benzene rings is 2. The highest BCUT2D eigenvalue weighted by atomic mass is 16.5. The molecule has 5 rings (SSSR count). The first-order chi connectivity index (χ1) is 12.4. The zero-order valence-corrected chi connectivity index (χ0v) is 14.6. The van der Waals surface area contributed by atoms with E-state index in [9.17, 15) is 0 Å². The van der Waals surface area contributed by atoms with E-state index in [1.165, 1.54) is 54.5 Å². The van der Waals surface area contributed by atoms with Crippen molar-refractivity contribution in [2.45, 2.75) is 50.2 Å². The average Bonchev–Trinajstić information content (AvgIpc) is 2.80. The molecule has 1 saturated heterocycles. The first-order valence-electron chi connectivity index (χ1n) is 9.76. The van der Waals surface area contributed by atoms with Gasteiger partial charge in [0.05, 0.1) is 6.10 Å². The minimum Gasteiger partial charge on any atom is -0.490 e. The van der Waals surface area contributed by atoms with E-state index in [1.54, 1.807) is 0 Å². The van der Waals surface area contributed by atoms with E-state index >= 15 is 0 Å². The molecule has 0 spiro atoms. The van der Waals surface area contributed by atoms with E-state index in [4.69, 9.17) is 4.74 Å². The van der Waals surface area contributed by atoms with Crippen LogP contribution < -0.4 is 15.4 Å². The van der Waals surface area contributed by atoms with Crippen molar-refractivity contribution in [1.29, 1.82) is 0 Å². The molecule has 0 radical (unpaired) electrons. The van der Waals surface area contributed by atoms with Gasteiger partial charge in [-0.25, -0.2) is 0 Å². The van der Waals surface area contributed by atoms with Crippen LogP contribution in [0, 0.1) is 0 Å². The second-order valence-electron chi connectivity index (χ2n) is 7.62. The van der Waals surface area contributed by atoms with Crippen LogP contribution in [0.2, 0.25) is 0 Å². The molecule has 3 nitrogen and oxygen atoms in total. The maximum Gasteiger partial charge on any atom is 0.127 e. The van der Waals surface area contributed by atoms with E-state index in [0.717, 1.165) is 18.8 Å². The van der Waals surface area contributed by atoms with E-state index in [0.29, 0.717) is 18.1 Å². The van der Waals surface area contributed by atoms with Gasteiger partial charge in [0.15, 0.2) is 0 Å². The third-order valence-electron chi connectivity index (χ3n) is 6.09. The number of hydrogen-bond donors (Lipinski definition) is 2. The summed E-state index contributed by atoms with van der Waals surface area (Å²) in [6.45, 7) is 2.22. The van der Waals surface area contributed by atoms with Crippen molar-refractivity contribution < 1.29 is 4.74 Å². The first kappa shape index (κ1) is 15.3. The molecule has 2 fully saturated rings. The van der Waals surface area contributed by atoms with Crippen molar-refractivity contribution in [1.82, 2.24) is 5.32 Å². The number of nitrogens with one attached hydrogen (secondary N) is 2. The van der Waals surface area contributed by atoms with Crippen LogP contribution in [0.25, 0.3) is 11.1 Å². The van der Waals surface area contributed by atoms with Gasteiger partial charge in [0, 0.05) is 23.2 Å². The maximum atomic E-state index is 6.32. The lowest BCUT2D eigenvalue weighted by atomic mass is 9.85. The largest absolute Gasteiger partial charge is 0.490 e. The lowest BCUT2D eigenvalue weighted by Gasteiger charge is -2.28. The molecule has 3 aliphatic rings. The van der Waals surface area contributed by atoms with Crippen molar-refractivity contribution in [3.05, 3.63) is 48.0 Å². The van der Waals surface area contributed by atoms with Crippen molar-refractivity contribution in [3.63, 3.8) is 0 Å². The van der Waals surface area contributed by atoms with E-state index in [-0.39, 0.29) is 0 Å². The first-order valence-corrected chi connectivity index (χ1v) is 9.76. The lowest BCUT2D eigenvalue weighted by Crippen LogP contribution is -2.24. The smallest absolute Gasteiger partial charge is 0.127 e. The fourth-order valence-corrected chi connectivity index (χ4v) is 4.55. The van der Waals surface area contributed by atoms with Crippen LogP contribution in [-0.4, -0.2) is 25.2 Å². The molecular weight excluding hydrogens is 308 g/mol. The Morgan fingerprint density at radius 2 is 1.68 bits per heavy atom. The molecular formula is C22H26N2O. The number of hydrogen-bond acceptors (Lipinski definition) is 3. The minimum atomic E-state index is 0.408. The monoisotopic (exact) mass is 334 g/mol. The number of anilines is 1. The zero-order valence-electron chi connectivity index (χ0n) is 14.6. The van der Waals surface area contributed by atoms with Gasteiger partial charge in [-0.05, 0) is 68.5 Å². The fourth-order valence-electron chi connectivity index (χ4n) is 4.55. The lowest BCUT2D eigenvalue weighted by molar-refractivity contribution is 0.121. The Kier molecular flexibility index (Phi) is 3.90. The van der Waals surface area contributed by atoms with Gasteiger partial charge in [-0.2, -0.15) is 0 Å². The van der Waals surface area contributed by atoms with Gasteiger partial charge in [-0.15, -0.1) is 0 Å². The second kappa shape index (κ2) is 6.38. The highest BCUT2D eigenvalue weighted by molar-refractivity contribution is 5.81. The summed E-state index contributed by atoms with van der Waals surface area (Å²) in [5, 5.41) is 7.34. The summed E-state index contributed by atoms with van der Waals surface area (Å²) in [5.41, 5.74) is 5.44. The molecule has 2 unspecified atom stereocenters. The summed E-state index contributed by atoms with van der Waals surface area (Å²) < 4.78 is 6.32. The van der Waals surface area contributed by atoms with Crippen molar-refractivity contribution in [2.75, 3.05) is 18.4 Å². The summed E-state index contributed by atoms with van der Waals surface area (Å²) in [6.07, 6.45) is 6.49. The summed E-state index contributed by atoms with van der Waals surface area (Å²) in [7, 11) is 0. The molecule has 2 heterocycles. The van der Waals surface area contributed by atoms with E-state index in [2.05, 4.69) is 53.1 Å². The summed E-state index contributed by atoms with van der Waals surface area (Å²) in [6, 6.07) is 15.9. The van der Waals surface area contributed by atoms with Gasteiger partial charge in [0.2, 0.25) is 0 Å². The third kappa shape index (κ3) is 2.71. The standard InChI is InChI=1S/C22H26N2O/c1-2-10-21(25-15-5-3-6-15)16(7-1)17-8-4-9-20-22(17)18-11-13-23-14-12-19(18)24-20/h1-2,4,7-10,15,18-19,23-24H,3,5-6,11-14H2. The Labute approximate surface area is 149 Å². The Bertz CT molecular complexity index is 768. The predicted molar refractivity (Wildman–Crippen MR) is 102 cm³/mol. The molecule has 25 heavy (non-hydrogen) atoms. The molecule has 2 aromatic carbocycles. The van der Waals surface area contributed by atoms with E-state index in [1.807, 2.05) is 0 Å². The quantitative estimate of drug-likeness (QED) is 0.864. The molecule has 0 bridgehead atoms. The molecule has 2 aliphatic heterocycles. The van der Waals surface area contributed by atoms with Gasteiger partial charge in [0.1, 0.15) is 5.75 Å². The van der Waals surface area contributed by atoms with Gasteiger partial charge < -0.3 is 15.4 Å². The molecule has 2 aromatic rings. The average molecular weight is 334 g/mol. The second-order valence-corrected chi connectivity index (χ2v) is 7.62. The molecule has 1 saturated carbocycles. The Morgan fingerprint density at radius 3 is 2.56 bits per heavy atom. The Morgan fingerprint density at radius 1 is 0.840 bits per heavy atom. The SMILES string of the molecule is c1ccc(-c2cccc3c2C2CCNCCC2N3)c(OC2CCC2)c1. The zero-order chi connectivity index (χ0) is 16.6. The van der Waals surface area contributed by atoms with Gasteiger partial charge in [-0.3, -0.25) is 0 Å². The van der Waals surface area contributed by atoms with Crippen LogP contribution in [-0.2, 0) is 0 Å². The van der Waals surface area contributed by atoms with Gasteiger partial charge in [0.25, 0.3) is 0 Å². The number of fused-ring (bicyclic) bond motifs is 3. The highest BCUT2D eigenvalue weighted by Gasteiger charge is 2.35. The number of rotatable bonds is 3. The number of para-hydroxylation sites is 1. The predicted octanol–water partition coefficient (Wildman–Crippen LogP) is 4.55. The van der Waals surface area contributed by atoms with Gasteiger partial charge >= 0.3 is 0 Å². The minimum absolute atomic E-state index is 0.408. The molecule has 130 valence electrons. The van der Waals surface area contributed by atoms with Gasteiger partial charge in [-0.1, -0.05) is 30.3 Å². The molecule has 2 N–H and O–H groups in total. The summed E-state index contributed by atoms with van der Waals surface area (Å²) in [4.78, 5) is 0. The van der Waals surface area contributed by atoms with Crippen LogP contribution in [0.4, 0.5) is 5.69 Å². The normalized spacial score (nSPS) is 25.3. The Hall–Kier alpha value is -2.00. The number of ether oxygens (including phenoxy) is 1. The van der Waals surface area contributed by atoms with Crippen LogP contribution >= 0.6 is 0 Å². The van der Waals surface area contributed by atoms with E-state index < -0.39 is 0 Å². The van der Waals surface area contributed by atoms with Crippen LogP contribution in [0.5, 0.6) is 5.75 Å². The maximum absolute atomic E-state index is 6.32. The summed E-state index contributed by atoms with van der Waals surface area (Å²) >= 11 is 0. The molecule has 3 heteroatoms. The van der Waals surface area contributed by atoms with Crippen LogP contribution in [0.15, 0.2) is 42.5 Å². The van der Waals surface area contributed by atoms with Crippen LogP contribution in [0.3, 0.4) is 0 Å². The third-order valence-corrected chi connectivity index (χ3v) is 6.09. The molecule has 2 atom stereocenters. The van der Waals surface area contributed by atoms with Crippen molar-refractivity contribution in [2.24, 2.45) is 0 Å².